The van der Waals surface area contributed by atoms with Crippen molar-refractivity contribution in [3.8, 4) is 5.75 Å². The summed E-state index contributed by atoms with van der Waals surface area (Å²) in [4.78, 5) is 36.3. The lowest BCUT2D eigenvalue weighted by Crippen LogP contribution is -2.41. The summed E-state index contributed by atoms with van der Waals surface area (Å²) < 4.78 is 10.9. The zero-order valence-electron chi connectivity index (χ0n) is 24.5. The summed E-state index contributed by atoms with van der Waals surface area (Å²) in [5.74, 6) is -1.16. The third-order valence-electron chi connectivity index (χ3n) is 6.47. The maximum Gasteiger partial charge on any atom is 0.338 e. The number of aliphatic carboxylic acids is 1. The summed E-state index contributed by atoms with van der Waals surface area (Å²) in [6.45, 7) is 11.2. The molecule has 9 nitrogen and oxygen atoms in total. The first-order valence-corrected chi connectivity index (χ1v) is 14.1. The van der Waals surface area contributed by atoms with Gasteiger partial charge in [0.2, 0.25) is 5.91 Å². The highest BCUT2D eigenvalue weighted by Crippen LogP contribution is 2.23. The van der Waals surface area contributed by atoms with E-state index >= 15 is 0 Å². The zero-order valence-corrected chi connectivity index (χ0v) is 24.5. The number of nitrogens with zero attached hydrogens (tertiary/aromatic N) is 1. The minimum Gasteiger partial charge on any atom is -0.491 e. The first-order valence-electron chi connectivity index (χ1n) is 14.1. The van der Waals surface area contributed by atoms with Crippen LogP contribution < -0.4 is 15.8 Å². The van der Waals surface area contributed by atoms with Crippen molar-refractivity contribution in [2.24, 2.45) is 0 Å². The van der Waals surface area contributed by atoms with Crippen LogP contribution in [0.1, 0.15) is 56.5 Å². The van der Waals surface area contributed by atoms with E-state index in [0.29, 0.717) is 30.2 Å². The Labute approximate surface area is 242 Å². The molecule has 0 aliphatic carbocycles. The number of anilines is 1. The van der Waals surface area contributed by atoms with Gasteiger partial charge in [-0.1, -0.05) is 69.7 Å². The van der Waals surface area contributed by atoms with Crippen LogP contribution in [0.5, 0.6) is 5.75 Å². The molecule has 1 atom stereocenters. The lowest BCUT2D eigenvalue weighted by atomic mass is 10.0. The van der Waals surface area contributed by atoms with Gasteiger partial charge in [0.15, 0.2) is 0 Å². The Balaban J connectivity index is 0.000000289. The second-order valence-electron chi connectivity index (χ2n) is 9.59. The second-order valence-corrected chi connectivity index (χ2v) is 9.59. The number of carboxylic acids is 1. The van der Waals surface area contributed by atoms with Gasteiger partial charge >= 0.3 is 11.9 Å². The van der Waals surface area contributed by atoms with Gasteiger partial charge in [0.1, 0.15) is 18.4 Å². The molecule has 0 aliphatic heterocycles. The molecular formula is C32H43N3O6. The summed E-state index contributed by atoms with van der Waals surface area (Å²) in [6.07, 6.45) is 2.28. The quantitative estimate of drug-likeness (QED) is 0.143. The number of unbranched alkanes of at least 4 members (excludes halogenated alkanes) is 1. The van der Waals surface area contributed by atoms with Crippen molar-refractivity contribution in [3.05, 3.63) is 71.8 Å². The topological polar surface area (TPSA) is 131 Å². The Morgan fingerprint density at radius 1 is 0.951 bits per heavy atom. The Bertz CT molecular complexity index is 1280. The number of likely N-dealkylation sites (N-methyl/N-ethyl adjacent to an activating group) is 1. The van der Waals surface area contributed by atoms with Crippen molar-refractivity contribution in [2.75, 3.05) is 38.6 Å². The lowest BCUT2D eigenvalue weighted by molar-refractivity contribution is -0.141. The third kappa shape index (κ3) is 11.5. The number of amides is 1. The largest absolute Gasteiger partial charge is 0.491 e. The van der Waals surface area contributed by atoms with Gasteiger partial charge in [0, 0.05) is 19.9 Å². The molecule has 0 radical (unpaired) electrons. The number of nitrogens with one attached hydrogen (secondary N) is 1. The van der Waals surface area contributed by atoms with E-state index in [-0.39, 0.29) is 18.3 Å². The molecule has 0 bridgehead atoms. The maximum atomic E-state index is 12.1. The summed E-state index contributed by atoms with van der Waals surface area (Å²) in [7, 11) is 0. The van der Waals surface area contributed by atoms with Crippen molar-refractivity contribution >= 4 is 34.3 Å². The van der Waals surface area contributed by atoms with Gasteiger partial charge < -0.3 is 30.5 Å². The molecule has 9 heteroatoms. The molecule has 4 N–H and O–H groups in total. The van der Waals surface area contributed by atoms with Gasteiger partial charge in [-0.15, -0.1) is 0 Å². The van der Waals surface area contributed by atoms with Crippen LogP contribution in [0.15, 0.2) is 60.7 Å². The predicted molar refractivity (Wildman–Crippen MR) is 162 cm³/mol. The van der Waals surface area contributed by atoms with Crippen molar-refractivity contribution in [1.82, 2.24) is 10.2 Å². The molecule has 222 valence electrons. The number of carboxylic acid groups (broad SMARTS) is 1. The number of nitrogen functional groups attached to an aromatic ring is 1. The van der Waals surface area contributed by atoms with Crippen LogP contribution in [0.2, 0.25) is 0 Å². The Hall–Kier alpha value is -4.11. The van der Waals surface area contributed by atoms with Gasteiger partial charge in [-0.3, -0.25) is 4.79 Å². The molecule has 0 spiro atoms. The van der Waals surface area contributed by atoms with Crippen LogP contribution in [0.4, 0.5) is 5.69 Å². The average Bonchev–Trinajstić information content (AvgIpc) is 2.96. The van der Waals surface area contributed by atoms with Crippen molar-refractivity contribution in [1.29, 1.82) is 0 Å². The first-order chi connectivity index (χ1) is 19.7. The molecule has 0 saturated heterocycles. The summed E-state index contributed by atoms with van der Waals surface area (Å²) in [5.41, 5.74) is 7.76. The van der Waals surface area contributed by atoms with E-state index < -0.39 is 12.0 Å². The molecule has 3 rings (SSSR count). The van der Waals surface area contributed by atoms with Crippen molar-refractivity contribution in [2.45, 2.75) is 53.0 Å². The fourth-order valence-corrected chi connectivity index (χ4v) is 4.05. The van der Waals surface area contributed by atoms with Gasteiger partial charge in [-0.05, 0) is 54.0 Å². The molecule has 3 aromatic carbocycles. The number of carbonyl (C=O) groups excluding carboxylic acids is 2. The number of hydrogen-bond acceptors (Lipinski definition) is 7. The highest BCUT2D eigenvalue weighted by molar-refractivity contribution is 5.90. The van der Waals surface area contributed by atoms with Crippen LogP contribution >= 0.6 is 0 Å². The Morgan fingerprint density at radius 3 is 2.29 bits per heavy atom. The zero-order chi connectivity index (χ0) is 30.2. The summed E-state index contributed by atoms with van der Waals surface area (Å²) in [5, 5.41) is 13.7. The number of rotatable bonds is 14. The molecule has 0 unspecified atom stereocenters. The minimum atomic E-state index is -1.02. The molecular weight excluding hydrogens is 522 g/mol. The Morgan fingerprint density at radius 2 is 1.66 bits per heavy atom. The van der Waals surface area contributed by atoms with E-state index in [1.807, 2.05) is 42.5 Å². The third-order valence-corrected chi connectivity index (χ3v) is 6.47. The molecule has 41 heavy (non-hydrogen) atoms. The number of nitrogens with two attached hydrogens (primary N) is 1. The molecule has 0 heterocycles. The van der Waals surface area contributed by atoms with E-state index in [9.17, 15) is 14.4 Å². The SMILES string of the molecule is CC(=O)N[C@H](Cc1ccc2ccccc2c1)C(=O)O.CCCCOc1cc(C(=O)OCCN(CC)CC)ccc1N. The van der Waals surface area contributed by atoms with Gasteiger partial charge in [0.05, 0.1) is 17.9 Å². The molecule has 1 amide bonds. The minimum absolute atomic E-state index is 0.278. The highest BCUT2D eigenvalue weighted by atomic mass is 16.5. The van der Waals surface area contributed by atoms with Crippen LogP contribution in [0.3, 0.4) is 0 Å². The van der Waals surface area contributed by atoms with Crippen LogP contribution in [0.25, 0.3) is 10.8 Å². The highest BCUT2D eigenvalue weighted by Gasteiger charge is 2.18. The monoisotopic (exact) mass is 565 g/mol. The number of carbonyl (C=O) groups is 3. The Kier molecular flexibility index (Phi) is 14.2. The van der Waals surface area contributed by atoms with Gasteiger partial charge in [-0.2, -0.15) is 0 Å². The van der Waals surface area contributed by atoms with Crippen molar-refractivity contribution < 1.29 is 29.0 Å². The lowest BCUT2D eigenvalue weighted by Gasteiger charge is -2.17. The molecule has 0 fully saturated rings. The van der Waals surface area contributed by atoms with Crippen LogP contribution in [-0.2, 0) is 20.7 Å². The number of hydrogen-bond donors (Lipinski definition) is 3. The molecule has 0 saturated carbocycles. The van der Waals surface area contributed by atoms with Crippen molar-refractivity contribution in [3.63, 3.8) is 0 Å². The number of fused-ring (bicyclic) bond motifs is 1. The summed E-state index contributed by atoms with van der Waals surface area (Å²) in [6, 6.07) is 17.8. The normalized spacial score (nSPS) is 11.3. The molecule has 0 aliphatic rings. The van der Waals surface area contributed by atoms with E-state index in [0.717, 1.165) is 48.8 Å². The van der Waals surface area contributed by atoms with Gasteiger partial charge in [-0.25, -0.2) is 9.59 Å². The number of ether oxygens (including phenoxy) is 2. The first kappa shape index (κ1) is 33.1. The average molecular weight is 566 g/mol. The van der Waals surface area contributed by atoms with Crippen LogP contribution in [-0.4, -0.2) is 66.7 Å². The maximum absolute atomic E-state index is 12.1. The number of benzene rings is 3. The van der Waals surface area contributed by atoms with Crippen LogP contribution in [0, 0.1) is 0 Å². The van der Waals surface area contributed by atoms with E-state index in [1.165, 1.54) is 6.92 Å². The fourth-order valence-electron chi connectivity index (χ4n) is 4.05. The van der Waals surface area contributed by atoms with E-state index in [2.05, 4.69) is 31.0 Å². The molecule has 0 aromatic heterocycles. The standard InChI is InChI=1S/C17H28N2O3.C15H15NO3/c1-4-7-11-21-16-13-14(8-9-15(16)18)17(20)22-12-10-19(5-2)6-3;1-10(17)16-14(15(18)19)9-11-6-7-12-4-2-3-5-13(12)8-11/h8-9,13H,4-7,10-12,18H2,1-3H3;2-8,14H,9H2,1H3,(H,16,17)(H,18,19)/t;14-/m.1/s1. The van der Waals surface area contributed by atoms with E-state index in [1.54, 1.807) is 18.2 Å². The second kappa shape index (κ2) is 17.6. The number of esters is 1. The predicted octanol–water partition coefficient (Wildman–Crippen LogP) is 4.92. The fraction of sp³-hybridized carbons (Fsp3) is 0.406. The smallest absolute Gasteiger partial charge is 0.338 e. The molecule has 3 aromatic rings. The summed E-state index contributed by atoms with van der Waals surface area (Å²) >= 11 is 0. The van der Waals surface area contributed by atoms with Gasteiger partial charge in [0.25, 0.3) is 0 Å². The van der Waals surface area contributed by atoms with E-state index in [4.69, 9.17) is 20.3 Å².